The summed E-state index contributed by atoms with van der Waals surface area (Å²) in [7, 11) is 0. The Morgan fingerprint density at radius 3 is 2.50 bits per heavy atom. The molecule has 1 amide bonds. The van der Waals surface area contributed by atoms with Crippen molar-refractivity contribution in [3.05, 3.63) is 33.3 Å². The average molecular weight is 325 g/mol. The maximum Gasteiger partial charge on any atom is 0.271 e. The highest BCUT2D eigenvalue weighted by Gasteiger charge is 2.42. The highest BCUT2D eigenvalue weighted by atomic mass is 35.5. The van der Waals surface area contributed by atoms with Crippen LogP contribution in [0, 0.1) is 22.0 Å². The van der Waals surface area contributed by atoms with Crippen LogP contribution in [-0.4, -0.2) is 23.5 Å². The highest BCUT2D eigenvalue weighted by Crippen LogP contribution is 2.44. The van der Waals surface area contributed by atoms with E-state index in [9.17, 15) is 14.9 Å². The number of nitrogens with one attached hydrogen (secondary N) is 1. The van der Waals surface area contributed by atoms with Crippen LogP contribution in [0.2, 0.25) is 5.02 Å². The number of hydrogen-bond acceptors (Lipinski definition) is 4. The molecule has 6 nitrogen and oxygen atoms in total. The average Bonchev–Trinajstić information content (AvgIpc) is 3.37. The largest absolute Gasteiger partial charge is 0.482 e. The Hall–Kier alpha value is -1.82. The van der Waals surface area contributed by atoms with Gasteiger partial charge >= 0.3 is 0 Å². The number of nitro groups is 1. The molecule has 2 fully saturated rings. The molecule has 0 aliphatic heterocycles. The van der Waals surface area contributed by atoms with Crippen molar-refractivity contribution in [3.63, 3.8) is 0 Å². The molecule has 1 aromatic carbocycles. The molecule has 118 valence electrons. The van der Waals surface area contributed by atoms with E-state index in [2.05, 4.69) is 5.32 Å². The summed E-state index contributed by atoms with van der Waals surface area (Å²) >= 11 is 5.92. The van der Waals surface area contributed by atoms with Crippen molar-refractivity contribution in [1.29, 1.82) is 0 Å². The van der Waals surface area contributed by atoms with E-state index in [1.54, 1.807) is 0 Å². The van der Waals surface area contributed by atoms with Crippen LogP contribution in [0.15, 0.2) is 18.2 Å². The minimum absolute atomic E-state index is 0.107. The minimum Gasteiger partial charge on any atom is -0.482 e. The van der Waals surface area contributed by atoms with Gasteiger partial charge in [0.2, 0.25) is 0 Å². The summed E-state index contributed by atoms with van der Waals surface area (Å²) in [5, 5.41) is 13.8. The molecule has 1 aromatic rings. The Kier molecular flexibility index (Phi) is 4.20. The molecule has 0 spiro atoms. The number of hydrogen-bond donors (Lipinski definition) is 1. The molecule has 0 atom stereocenters. The fourth-order valence-electron chi connectivity index (χ4n) is 2.62. The molecule has 2 aliphatic carbocycles. The summed E-state index contributed by atoms with van der Waals surface area (Å²) in [5.41, 5.74) is -0.107. The number of carbonyl (C=O) groups excluding carboxylic acids is 1. The lowest BCUT2D eigenvalue weighted by atomic mass is 10.1. The van der Waals surface area contributed by atoms with Crippen molar-refractivity contribution in [1.82, 2.24) is 5.32 Å². The van der Waals surface area contributed by atoms with Gasteiger partial charge in [0.1, 0.15) is 5.75 Å². The summed E-state index contributed by atoms with van der Waals surface area (Å²) in [6.07, 6.45) is 4.76. The van der Waals surface area contributed by atoms with Gasteiger partial charge in [-0.3, -0.25) is 14.9 Å². The van der Waals surface area contributed by atoms with Gasteiger partial charge in [0.15, 0.2) is 6.61 Å². The van der Waals surface area contributed by atoms with Gasteiger partial charge in [-0.05, 0) is 43.6 Å². The second-order valence-electron chi connectivity index (χ2n) is 5.93. The lowest BCUT2D eigenvalue weighted by Crippen LogP contribution is -2.40. The molecule has 2 aliphatic rings. The van der Waals surface area contributed by atoms with Crippen molar-refractivity contribution < 1.29 is 14.5 Å². The molecular formula is C15H17ClN2O4. The second-order valence-corrected chi connectivity index (χ2v) is 6.34. The van der Waals surface area contributed by atoms with E-state index in [1.165, 1.54) is 43.9 Å². The standard InChI is InChI=1S/C15H17ClN2O4/c16-12-7-11(18(20)21)5-6-13(12)22-8-14(19)17-15(9-1-2-9)10-3-4-10/h5-7,9-10,15H,1-4,8H2,(H,17,19). The first-order valence-electron chi connectivity index (χ1n) is 7.40. The summed E-state index contributed by atoms with van der Waals surface area (Å²) in [4.78, 5) is 22.1. The van der Waals surface area contributed by atoms with Gasteiger partial charge < -0.3 is 10.1 Å². The van der Waals surface area contributed by atoms with Crippen LogP contribution < -0.4 is 10.1 Å². The number of carbonyl (C=O) groups is 1. The van der Waals surface area contributed by atoms with E-state index in [0.29, 0.717) is 11.8 Å². The molecule has 2 saturated carbocycles. The topological polar surface area (TPSA) is 81.5 Å². The van der Waals surface area contributed by atoms with E-state index < -0.39 is 4.92 Å². The molecule has 0 unspecified atom stereocenters. The number of ether oxygens (including phenoxy) is 1. The maximum atomic E-state index is 12.0. The lowest BCUT2D eigenvalue weighted by Gasteiger charge is -2.17. The van der Waals surface area contributed by atoms with Gasteiger partial charge in [-0.2, -0.15) is 0 Å². The maximum absolute atomic E-state index is 12.0. The predicted molar refractivity (Wildman–Crippen MR) is 81.0 cm³/mol. The Balaban J connectivity index is 1.53. The molecule has 7 heteroatoms. The van der Waals surface area contributed by atoms with E-state index in [0.717, 1.165) is 0 Å². The predicted octanol–water partition coefficient (Wildman–Crippen LogP) is 2.93. The molecule has 3 rings (SSSR count). The fraction of sp³-hybridized carbons (Fsp3) is 0.533. The molecular weight excluding hydrogens is 308 g/mol. The van der Waals surface area contributed by atoms with Gasteiger partial charge in [0, 0.05) is 18.2 Å². The number of nitro benzene ring substituents is 1. The minimum atomic E-state index is -0.530. The Morgan fingerprint density at radius 1 is 1.36 bits per heavy atom. The van der Waals surface area contributed by atoms with Crippen LogP contribution in [0.5, 0.6) is 5.75 Å². The van der Waals surface area contributed by atoms with E-state index in [4.69, 9.17) is 16.3 Å². The zero-order valence-corrected chi connectivity index (χ0v) is 12.7. The Morgan fingerprint density at radius 2 is 2.00 bits per heavy atom. The number of non-ortho nitro benzene ring substituents is 1. The van der Waals surface area contributed by atoms with Crippen LogP contribution in [0.25, 0.3) is 0 Å². The number of rotatable bonds is 7. The zero-order valence-electron chi connectivity index (χ0n) is 12.0. The molecule has 0 aromatic heterocycles. The van der Waals surface area contributed by atoms with Gasteiger partial charge in [-0.25, -0.2) is 0 Å². The zero-order chi connectivity index (χ0) is 15.7. The summed E-state index contributed by atoms with van der Waals surface area (Å²) in [6, 6.07) is 4.21. The van der Waals surface area contributed by atoms with E-state index in [-0.39, 0.29) is 35.0 Å². The molecule has 0 radical (unpaired) electrons. The summed E-state index contributed by atoms with van der Waals surface area (Å²) in [5.74, 6) is 1.36. The highest BCUT2D eigenvalue weighted by molar-refractivity contribution is 6.32. The first kappa shape index (κ1) is 15.1. The fourth-order valence-corrected chi connectivity index (χ4v) is 2.85. The molecule has 1 N–H and O–H groups in total. The van der Waals surface area contributed by atoms with Gasteiger partial charge in [0.25, 0.3) is 11.6 Å². The third-order valence-electron chi connectivity index (χ3n) is 4.07. The summed E-state index contributed by atoms with van der Waals surface area (Å²) < 4.78 is 5.37. The summed E-state index contributed by atoms with van der Waals surface area (Å²) in [6.45, 7) is -0.131. The molecule has 22 heavy (non-hydrogen) atoms. The van der Waals surface area contributed by atoms with Crippen LogP contribution >= 0.6 is 11.6 Å². The Labute approximate surface area is 132 Å². The number of nitrogens with zero attached hydrogens (tertiary/aromatic N) is 1. The second kappa shape index (κ2) is 6.12. The van der Waals surface area contributed by atoms with Crippen molar-refractivity contribution >= 4 is 23.2 Å². The number of amides is 1. The van der Waals surface area contributed by atoms with Gasteiger partial charge in [-0.15, -0.1) is 0 Å². The van der Waals surface area contributed by atoms with Gasteiger partial charge in [0.05, 0.1) is 9.95 Å². The Bertz CT molecular complexity index is 587. The van der Waals surface area contributed by atoms with Crippen molar-refractivity contribution in [2.75, 3.05) is 6.61 Å². The smallest absolute Gasteiger partial charge is 0.271 e. The van der Waals surface area contributed by atoms with Crippen LogP contribution in [0.4, 0.5) is 5.69 Å². The van der Waals surface area contributed by atoms with Crippen LogP contribution in [-0.2, 0) is 4.79 Å². The number of benzene rings is 1. The van der Waals surface area contributed by atoms with E-state index in [1.807, 2.05) is 0 Å². The third kappa shape index (κ3) is 3.68. The van der Waals surface area contributed by atoms with Gasteiger partial charge in [-0.1, -0.05) is 11.6 Å². The normalized spacial score (nSPS) is 17.4. The molecule has 0 heterocycles. The first-order valence-corrected chi connectivity index (χ1v) is 7.78. The molecule has 0 bridgehead atoms. The SMILES string of the molecule is O=C(COc1ccc([N+](=O)[O-])cc1Cl)NC(C1CC1)C1CC1. The first-order chi connectivity index (χ1) is 10.5. The van der Waals surface area contributed by atoms with E-state index >= 15 is 0 Å². The van der Waals surface area contributed by atoms with Crippen molar-refractivity contribution in [3.8, 4) is 5.75 Å². The lowest BCUT2D eigenvalue weighted by molar-refractivity contribution is -0.384. The van der Waals surface area contributed by atoms with Crippen LogP contribution in [0.1, 0.15) is 25.7 Å². The monoisotopic (exact) mass is 324 g/mol. The van der Waals surface area contributed by atoms with Crippen molar-refractivity contribution in [2.45, 2.75) is 31.7 Å². The van der Waals surface area contributed by atoms with Crippen molar-refractivity contribution in [2.24, 2.45) is 11.8 Å². The van der Waals surface area contributed by atoms with Crippen LogP contribution in [0.3, 0.4) is 0 Å². The quantitative estimate of drug-likeness (QED) is 0.617. The molecule has 0 saturated heterocycles. The third-order valence-corrected chi connectivity index (χ3v) is 4.37. The number of halogens is 1.